The first-order chi connectivity index (χ1) is 14.5. The summed E-state index contributed by atoms with van der Waals surface area (Å²) in [6.45, 7) is 0.187. The van der Waals surface area contributed by atoms with E-state index in [0.717, 1.165) is 11.8 Å². The van der Waals surface area contributed by atoms with Gasteiger partial charge in [-0.25, -0.2) is 4.79 Å². The van der Waals surface area contributed by atoms with E-state index in [1.807, 2.05) is 0 Å². The number of pyridine rings is 1. The van der Waals surface area contributed by atoms with Gasteiger partial charge in [0.15, 0.2) is 0 Å². The molecule has 0 saturated heterocycles. The summed E-state index contributed by atoms with van der Waals surface area (Å²) < 4.78 is 0. The van der Waals surface area contributed by atoms with Gasteiger partial charge >= 0.3 is 5.97 Å². The van der Waals surface area contributed by atoms with Crippen LogP contribution in [-0.4, -0.2) is 50.9 Å². The predicted molar refractivity (Wildman–Crippen MR) is 105 cm³/mol. The van der Waals surface area contributed by atoms with Crippen LogP contribution in [0.15, 0.2) is 53.8 Å². The summed E-state index contributed by atoms with van der Waals surface area (Å²) in [5.41, 5.74) is 1.65. The van der Waals surface area contributed by atoms with Gasteiger partial charge in [-0.3, -0.25) is 24.4 Å². The van der Waals surface area contributed by atoms with Gasteiger partial charge in [0, 0.05) is 31.4 Å². The lowest BCUT2D eigenvalue weighted by molar-refractivity contribution is -0.141. The molecule has 2 aromatic rings. The van der Waals surface area contributed by atoms with E-state index in [-0.39, 0.29) is 18.5 Å². The van der Waals surface area contributed by atoms with Gasteiger partial charge in [0.1, 0.15) is 0 Å². The van der Waals surface area contributed by atoms with Gasteiger partial charge in [-0.2, -0.15) is 4.90 Å². The molecule has 1 aliphatic rings. The number of imide groups is 1. The van der Waals surface area contributed by atoms with Crippen LogP contribution >= 0.6 is 0 Å². The fraction of sp³-hybridized carbons (Fsp3) is 0.143. The average Bonchev–Trinajstić information content (AvgIpc) is 2.75. The molecule has 2 heterocycles. The van der Waals surface area contributed by atoms with Crippen LogP contribution in [0, 0.1) is 12.0 Å². The Bertz CT molecular complexity index is 1070. The molecule has 1 aliphatic heterocycles. The highest BCUT2D eigenvalue weighted by molar-refractivity contribution is 6.34. The van der Waals surface area contributed by atoms with Crippen LogP contribution in [0.4, 0.5) is 0 Å². The zero-order valence-corrected chi connectivity index (χ0v) is 15.6. The highest BCUT2D eigenvalue weighted by atomic mass is 16.4. The van der Waals surface area contributed by atoms with Crippen LogP contribution in [-0.2, 0) is 27.3 Å². The first-order valence-electron chi connectivity index (χ1n) is 8.84. The molecule has 1 atom stereocenters. The topological polar surface area (TPSA) is 129 Å². The molecular formula is C21H16N4O5. The SMILES string of the molecule is O=C(O)c1ccc(CC#CN2C(=O)C=NC(C(=O)NCc3ccncc3)C2=O)cc1. The maximum absolute atomic E-state index is 12.5. The number of hydrogen-bond acceptors (Lipinski definition) is 6. The number of carboxylic acids is 1. The number of nitrogens with one attached hydrogen (secondary N) is 1. The molecule has 150 valence electrons. The number of carbonyl (C=O) groups excluding carboxylic acids is 3. The lowest BCUT2D eigenvalue weighted by Crippen LogP contribution is -2.50. The van der Waals surface area contributed by atoms with Crippen molar-refractivity contribution in [3.63, 3.8) is 0 Å². The first kappa shape index (κ1) is 20.4. The Hall–Kier alpha value is -4.32. The molecule has 9 nitrogen and oxygen atoms in total. The Morgan fingerprint density at radius 1 is 1.07 bits per heavy atom. The number of amides is 3. The van der Waals surface area contributed by atoms with Gasteiger partial charge in [0.2, 0.25) is 6.04 Å². The van der Waals surface area contributed by atoms with Gasteiger partial charge < -0.3 is 10.4 Å². The van der Waals surface area contributed by atoms with Crippen LogP contribution in [0.3, 0.4) is 0 Å². The van der Waals surface area contributed by atoms with E-state index in [1.165, 1.54) is 12.1 Å². The zero-order chi connectivity index (χ0) is 21.5. The molecule has 0 radical (unpaired) electrons. The molecule has 0 aliphatic carbocycles. The molecule has 3 amide bonds. The third-order valence-electron chi connectivity index (χ3n) is 4.16. The third-order valence-corrected chi connectivity index (χ3v) is 4.16. The highest BCUT2D eigenvalue weighted by Gasteiger charge is 2.35. The van der Waals surface area contributed by atoms with Crippen molar-refractivity contribution in [2.45, 2.75) is 19.0 Å². The minimum absolute atomic E-state index is 0.143. The van der Waals surface area contributed by atoms with Gasteiger partial charge in [0.25, 0.3) is 17.7 Å². The van der Waals surface area contributed by atoms with Crippen LogP contribution in [0.2, 0.25) is 0 Å². The molecule has 9 heteroatoms. The number of carbonyl (C=O) groups is 4. The van der Waals surface area contributed by atoms with E-state index in [9.17, 15) is 19.2 Å². The minimum Gasteiger partial charge on any atom is -0.478 e. The molecular weight excluding hydrogens is 388 g/mol. The van der Waals surface area contributed by atoms with Gasteiger partial charge in [-0.05, 0) is 35.4 Å². The standard InChI is InChI=1S/C21H16N4O5/c26-17-13-23-18(19(27)24-12-15-7-9-22-10-8-15)20(28)25(17)11-1-2-14-3-5-16(6-4-14)21(29)30/h3-10,13,18H,2,12H2,(H,24,27)(H,29,30). The van der Waals surface area contributed by atoms with E-state index >= 15 is 0 Å². The van der Waals surface area contributed by atoms with E-state index in [1.54, 1.807) is 36.7 Å². The van der Waals surface area contributed by atoms with Crippen LogP contribution in [0.5, 0.6) is 0 Å². The number of hydrogen-bond donors (Lipinski definition) is 2. The van der Waals surface area contributed by atoms with Crippen molar-refractivity contribution in [1.29, 1.82) is 0 Å². The number of aliphatic imine (C=N–C) groups is 1. The number of rotatable bonds is 5. The monoisotopic (exact) mass is 404 g/mol. The summed E-state index contributed by atoms with van der Waals surface area (Å²) >= 11 is 0. The van der Waals surface area contributed by atoms with Crippen molar-refractivity contribution in [2.75, 3.05) is 0 Å². The molecule has 2 N–H and O–H groups in total. The maximum atomic E-state index is 12.5. The molecule has 1 aromatic carbocycles. The molecule has 0 spiro atoms. The van der Waals surface area contributed by atoms with Crippen molar-refractivity contribution in [3.05, 3.63) is 65.5 Å². The minimum atomic E-state index is -1.39. The number of nitrogens with zero attached hydrogens (tertiary/aromatic N) is 3. The quantitative estimate of drug-likeness (QED) is 0.422. The summed E-state index contributed by atoms with van der Waals surface area (Å²) in [6.07, 6.45) is 4.24. The van der Waals surface area contributed by atoms with Crippen molar-refractivity contribution < 1.29 is 24.3 Å². The van der Waals surface area contributed by atoms with Crippen LogP contribution < -0.4 is 5.32 Å². The predicted octanol–water partition coefficient (Wildman–Crippen LogP) is 0.408. The number of benzene rings is 1. The molecule has 0 saturated carbocycles. The Kier molecular flexibility index (Phi) is 6.29. The molecule has 1 aromatic heterocycles. The van der Waals surface area contributed by atoms with Gasteiger partial charge in [-0.1, -0.05) is 18.1 Å². The van der Waals surface area contributed by atoms with E-state index in [2.05, 4.69) is 27.3 Å². The molecule has 0 fully saturated rings. The maximum Gasteiger partial charge on any atom is 0.335 e. The smallest absolute Gasteiger partial charge is 0.335 e. The summed E-state index contributed by atoms with van der Waals surface area (Å²) in [5, 5.41) is 11.5. The summed E-state index contributed by atoms with van der Waals surface area (Å²) in [5.74, 6) is -0.554. The highest BCUT2D eigenvalue weighted by Crippen LogP contribution is 2.07. The summed E-state index contributed by atoms with van der Waals surface area (Å²) in [4.78, 5) is 55.9. The lowest BCUT2D eigenvalue weighted by Gasteiger charge is -2.20. The number of carboxylic acid groups (broad SMARTS) is 1. The zero-order valence-electron chi connectivity index (χ0n) is 15.6. The van der Waals surface area contributed by atoms with E-state index in [0.29, 0.717) is 10.5 Å². The van der Waals surface area contributed by atoms with Crippen LogP contribution in [0.25, 0.3) is 0 Å². The fourth-order valence-electron chi connectivity index (χ4n) is 2.55. The Morgan fingerprint density at radius 2 is 1.77 bits per heavy atom. The average molecular weight is 404 g/mol. The van der Waals surface area contributed by atoms with Crippen molar-refractivity contribution in [1.82, 2.24) is 15.2 Å². The second-order valence-electron chi connectivity index (χ2n) is 6.23. The third kappa shape index (κ3) is 4.94. The summed E-state index contributed by atoms with van der Waals surface area (Å²) in [6, 6.07) is 10.6. The largest absolute Gasteiger partial charge is 0.478 e. The Balaban J connectivity index is 1.63. The second kappa shape index (κ2) is 9.25. The Labute approximate surface area is 171 Å². The summed E-state index contributed by atoms with van der Waals surface area (Å²) in [7, 11) is 0. The first-order valence-corrected chi connectivity index (χ1v) is 8.84. The van der Waals surface area contributed by atoms with E-state index < -0.39 is 29.7 Å². The van der Waals surface area contributed by atoms with Crippen LogP contribution in [0.1, 0.15) is 21.5 Å². The van der Waals surface area contributed by atoms with Gasteiger partial charge in [0.05, 0.1) is 11.8 Å². The molecule has 1 unspecified atom stereocenters. The molecule has 3 rings (SSSR count). The molecule has 30 heavy (non-hydrogen) atoms. The van der Waals surface area contributed by atoms with Gasteiger partial charge in [-0.15, -0.1) is 0 Å². The Morgan fingerprint density at radius 3 is 2.43 bits per heavy atom. The lowest BCUT2D eigenvalue weighted by atomic mass is 10.1. The fourth-order valence-corrected chi connectivity index (χ4v) is 2.55. The number of aromatic nitrogens is 1. The van der Waals surface area contributed by atoms with Crippen molar-refractivity contribution in [2.24, 2.45) is 4.99 Å². The normalized spacial score (nSPS) is 15.3. The second-order valence-corrected chi connectivity index (χ2v) is 6.23. The van der Waals surface area contributed by atoms with Crippen molar-refractivity contribution in [3.8, 4) is 12.0 Å². The molecule has 0 bridgehead atoms. The van der Waals surface area contributed by atoms with Crippen molar-refractivity contribution >= 4 is 29.9 Å². The van der Waals surface area contributed by atoms with E-state index in [4.69, 9.17) is 5.11 Å². The number of aromatic carboxylic acids is 1.